The molecule has 2 rings (SSSR count). The maximum Gasteiger partial charge on any atom is 0.305 e. The molecular weight excluding hydrogens is 270 g/mol. The molecule has 0 aliphatic carbocycles. The van der Waals surface area contributed by atoms with Crippen molar-refractivity contribution >= 4 is 22.9 Å². The third kappa shape index (κ3) is 4.59. The second kappa shape index (κ2) is 7.42. The highest BCUT2D eigenvalue weighted by atomic mass is 16.5. The smallest absolute Gasteiger partial charge is 0.305 e. The third-order valence-electron chi connectivity index (χ3n) is 3.13. The van der Waals surface area contributed by atoms with Crippen LogP contribution in [0.25, 0.3) is 11.0 Å². The molecule has 2 aromatic rings. The van der Waals surface area contributed by atoms with E-state index in [1.54, 1.807) is 0 Å². The minimum absolute atomic E-state index is 0.0602. The molecule has 2 N–H and O–H groups in total. The van der Waals surface area contributed by atoms with E-state index in [1.807, 2.05) is 24.3 Å². The van der Waals surface area contributed by atoms with Crippen LogP contribution in [0, 0.1) is 0 Å². The van der Waals surface area contributed by atoms with E-state index in [0.29, 0.717) is 25.8 Å². The Kier molecular flexibility index (Phi) is 5.31. The summed E-state index contributed by atoms with van der Waals surface area (Å²) in [4.78, 5) is 30.1. The summed E-state index contributed by atoms with van der Waals surface area (Å²) >= 11 is 0. The number of esters is 1. The Morgan fingerprint density at radius 1 is 1.29 bits per heavy atom. The van der Waals surface area contributed by atoms with E-state index in [0.717, 1.165) is 16.9 Å². The first-order valence-corrected chi connectivity index (χ1v) is 6.96. The standard InChI is InChI=1S/C15H19N3O3/c1-21-15(20)8-4-7-14(19)16-10-9-13-17-11-5-2-3-6-12(11)18-13/h2-3,5-6H,4,7-10H2,1H3,(H,16,19)(H,17,18). The zero-order valence-electron chi connectivity index (χ0n) is 12.0. The van der Waals surface area contributed by atoms with Crippen molar-refractivity contribution in [3.63, 3.8) is 0 Å². The number of benzene rings is 1. The van der Waals surface area contributed by atoms with Crippen LogP contribution < -0.4 is 5.32 Å². The van der Waals surface area contributed by atoms with Crippen molar-refractivity contribution < 1.29 is 14.3 Å². The van der Waals surface area contributed by atoms with Crippen molar-refractivity contribution in [1.29, 1.82) is 0 Å². The van der Waals surface area contributed by atoms with Crippen molar-refractivity contribution in [2.24, 2.45) is 0 Å². The van der Waals surface area contributed by atoms with Gasteiger partial charge in [-0.25, -0.2) is 4.98 Å². The number of ether oxygens (including phenoxy) is 1. The van der Waals surface area contributed by atoms with E-state index < -0.39 is 0 Å². The van der Waals surface area contributed by atoms with Crippen LogP contribution in [0.2, 0.25) is 0 Å². The summed E-state index contributed by atoms with van der Waals surface area (Å²) in [6.45, 7) is 0.525. The molecule has 0 saturated heterocycles. The van der Waals surface area contributed by atoms with Crippen LogP contribution >= 0.6 is 0 Å². The first kappa shape index (κ1) is 15.0. The van der Waals surface area contributed by atoms with Crippen molar-refractivity contribution in [1.82, 2.24) is 15.3 Å². The molecule has 1 aromatic carbocycles. The number of imidazole rings is 1. The molecule has 0 radical (unpaired) electrons. The topological polar surface area (TPSA) is 84.1 Å². The first-order valence-electron chi connectivity index (χ1n) is 6.96. The van der Waals surface area contributed by atoms with Gasteiger partial charge in [-0.3, -0.25) is 9.59 Å². The lowest BCUT2D eigenvalue weighted by atomic mass is 10.2. The number of aromatic nitrogens is 2. The lowest BCUT2D eigenvalue weighted by molar-refractivity contribution is -0.140. The van der Waals surface area contributed by atoms with E-state index in [2.05, 4.69) is 20.0 Å². The number of aromatic amines is 1. The van der Waals surface area contributed by atoms with Crippen molar-refractivity contribution in [2.75, 3.05) is 13.7 Å². The van der Waals surface area contributed by atoms with E-state index >= 15 is 0 Å². The molecular formula is C15H19N3O3. The Balaban J connectivity index is 1.69. The number of carbonyl (C=O) groups excluding carboxylic acids is 2. The first-order chi connectivity index (χ1) is 10.2. The van der Waals surface area contributed by atoms with E-state index in [4.69, 9.17) is 0 Å². The molecule has 0 aliphatic rings. The molecule has 0 saturated carbocycles. The number of fused-ring (bicyclic) bond motifs is 1. The molecule has 0 bridgehead atoms. The Morgan fingerprint density at radius 2 is 2.10 bits per heavy atom. The van der Waals surface area contributed by atoms with Gasteiger partial charge < -0.3 is 15.0 Å². The molecule has 6 nitrogen and oxygen atoms in total. The number of rotatable bonds is 7. The molecule has 6 heteroatoms. The lowest BCUT2D eigenvalue weighted by Crippen LogP contribution is -2.25. The summed E-state index contributed by atoms with van der Waals surface area (Å²) in [5.74, 6) is 0.506. The molecule has 1 aromatic heterocycles. The minimum atomic E-state index is -0.287. The van der Waals surface area contributed by atoms with Crippen LogP contribution in [0.1, 0.15) is 25.1 Å². The fourth-order valence-corrected chi connectivity index (χ4v) is 2.03. The van der Waals surface area contributed by atoms with Gasteiger partial charge in [-0.05, 0) is 18.6 Å². The molecule has 0 fully saturated rings. The Labute approximate surface area is 122 Å². The monoisotopic (exact) mass is 289 g/mol. The van der Waals surface area contributed by atoms with Gasteiger partial charge in [0.15, 0.2) is 0 Å². The lowest BCUT2D eigenvalue weighted by Gasteiger charge is -2.03. The van der Waals surface area contributed by atoms with Gasteiger partial charge in [-0.1, -0.05) is 12.1 Å². The van der Waals surface area contributed by atoms with Crippen molar-refractivity contribution in [3.8, 4) is 0 Å². The molecule has 0 atom stereocenters. The molecule has 0 unspecified atom stereocenters. The average Bonchev–Trinajstić information content (AvgIpc) is 2.89. The van der Waals surface area contributed by atoms with Gasteiger partial charge in [0.1, 0.15) is 5.82 Å². The van der Waals surface area contributed by atoms with Crippen molar-refractivity contribution in [2.45, 2.75) is 25.7 Å². The summed E-state index contributed by atoms with van der Waals surface area (Å²) in [7, 11) is 1.34. The number of methoxy groups -OCH3 is 1. The van der Waals surface area contributed by atoms with Crippen LogP contribution in [-0.4, -0.2) is 35.5 Å². The Hall–Kier alpha value is -2.37. The SMILES string of the molecule is COC(=O)CCCC(=O)NCCc1nc2ccccc2[nH]1. The summed E-state index contributed by atoms with van der Waals surface area (Å²) in [6, 6.07) is 7.81. The summed E-state index contributed by atoms with van der Waals surface area (Å²) in [6.07, 6.45) is 1.75. The molecule has 0 aliphatic heterocycles. The highest BCUT2D eigenvalue weighted by molar-refractivity contribution is 5.77. The number of carbonyl (C=O) groups is 2. The summed E-state index contributed by atoms with van der Waals surface area (Å²) < 4.78 is 4.52. The van der Waals surface area contributed by atoms with Crippen LogP contribution in [0.15, 0.2) is 24.3 Å². The Bertz CT molecular complexity index is 588. The second-order valence-corrected chi connectivity index (χ2v) is 4.73. The summed E-state index contributed by atoms with van der Waals surface area (Å²) in [5.41, 5.74) is 1.92. The van der Waals surface area contributed by atoms with Crippen LogP contribution in [-0.2, 0) is 20.7 Å². The fourth-order valence-electron chi connectivity index (χ4n) is 2.03. The number of nitrogens with zero attached hydrogens (tertiary/aromatic N) is 1. The van der Waals surface area contributed by atoms with Gasteiger partial charge in [0, 0.05) is 25.8 Å². The number of H-pyrrole nitrogens is 1. The van der Waals surface area contributed by atoms with Crippen LogP contribution in [0.5, 0.6) is 0 Å². The molecule has 112 valence electrons. The zero-order valence-corrected chi connectivity index (χ0v) is 12.0. The maximum atomic E-state index is 11.6. The van der Waals surface area contributed by atoms with Crippen LogP contribution in [0.4, 0.5) is 0 Å². The van der Waals surface area contributed by atoms with Gasteiger partial charge >= 0.3 is 5.97 Å². The second-order valence-electron chi connectivity index (χ2n) is 4.73. The van der Waals surface area contributed by atoms with Gasteiger partial charge in [0.2, 0.25) is 5.91 Å². The quantitative estimate of drug-likeness (QED) is 0.758. The number of para-hydroxylation sites is 2. The summed E-state index contributed by atoms with van der Waals surface area (Å²) in [5, 5.41) is 2.82. The predicted molar refractivity (Wildman–Crippen MR) is 78.7 cm³/mol. The third-order valence-corrected chi connectivity index (χ3v) is 3.13. The van der Waals surface area contributed by atoms with Gasteiger partial charge in [-0.2, -0.15) is 0 Å². The number of hydrogen-bond donors (Lipinski definition) is 2. The molecule has 1 amide bonds. The molecule has 1 heterocycles. The number of amides is 1. The fraction of sp³-hybridized carbons (Fsp3) is 0.400. The van der Waals surface area contributed by atoms with Gasteiger partial charge in [0.25, 0.3) is 0 Å². The van der Waals surface area contributed by atoms with E-state index in [1.165, 1.54) is 7.11 Å². The molecule has 21 heavy (non-hydrogen) atoms. The normalized spacial score (nSPS) is 10.5. The molecule has 0 spiro atoms. The van der Waals surface area contributed by atoms with Crippen molar-refractivity contribution in [3.05, 3.63) is 30.1 Å². The number of nitrogens with one attached hydrogen (secondary N) is 2. The average molecular weight is 289 g/mol. The van der Waals surface area contributed by atoms with E-state index in [9.17, 15) is 9.59 Å². The highest BCUT2D eigenvalue weighted by Crippen LogP contribution is 2.10. The highest BCUT2D eigenvalue weighted by Gasteiger charge is 2.06. The maximum absolute atomic E-state index is 11.6. The van der Waals surface area contributed by atoms with Gasteiger partial charge in [0.05, 0.1) is 18.1 Å². The minimum Gasteiger partial charge on any atom is -0.469 e. The van der Waals surface area contributed by atoms with Gasteiger partial charge in [-0.15, -0.1) is 0 Å². The largest absolute Gasteiger partial charge is 0.469 e. The zero-order chi connectivity index (χ0) is 15.1. The number of hydrogen-bond acceptors (Lipinski definition) is 4. The predicted octanol–water partition coefficient (Wildman–Crippen LogP) is 1.56. The Morgan fingerprint density at radius 3 is 2.86 bits per heavy atom. The van der Waals surface area contributed by atoms with E-state index in [-0.39, 0.29) is 18.3 Å². The van der Waals surface area contributed by atoms with Crippen LogP contribution in [0.3, 0.4) is 0 Å².